The summed E-state index contributed by atoms with van der Waals surface area (Å²) in [5, 5.41) is 0. The molecule has 1 saturated heterocycles. The first-order valence-corrected chi connectivity index (χ1v) is 9.37. The van der Waals surface area contributed by atoms with Gasteiger partial charge >= 0.3 is 0 Å². The summed E-state index contributed by atoms with van der Waals surface area (Å²) in [7, 11) is 1.79. The van der Waals surface area contributed by atoms with Crippen molar-refractivity contribution >= 4 is 0 Å². The van der Waals surface area contributed by atoms with E-state index in [-0.39, 0.29) is 5.41 Å². The quantitative estimate of drug-likeness (QED) is 0.897. The van der Waals surface area contributed by atoms with Crippen molar-refractivity contribution in [2.45, 2.75) is 63.3 Å². The number of methoxy groups -OCH3 is 1. The molecule has 1 aromatic carbocycles. The van der Waals surface area contributed by atoms with Gasteiger partial charge in [0.1, 0.15) is 5.75 Å². The average molecular weight is 316 g/mol. The van der Waals surface area contributed by atoms with E-state index in [4.69, 9.17) is 10.5 Å². The molecule has 1 aromatic rings. The van der Waals surface area contributed by atoms with Crippen molar-refractivity contribution in [2.24, 2.45) is 5.73 Å². The molecule has 0 aromatic heterocycles. The Morgan fingerprint density at radius 1 is 1.04 bits per heavy atom. The third kappa shape index (κ3) is 3.72. The van der Waals surface area contributed by atoms with Gasteiger partial charge in [-0.25, -0.2) is 0 Å². The van der Waals surface area contributed by atoms with Crippen molar-refractivity contribution in [3.8, 4) is 5.75 Å². The molecule has 0 amide bonds. The Balaban J connectivity index is 1.85. The highest BCUT2D eigenvalue weighted by atomic mass is 16.5. The van der Waals surface area contributed by atoms with Gasteiger partial charge in [-0.1, -0.05) is 37.8 Å². The predicted molar refractivity (Wildman–Crippen MR) is 95.9 cm³/mol. The molecular weight excluding hydrogens is 284 g/mol. The summed E-state index contributed by atoms with van der Waals surface area (Å²) < 4.78 is 5.64. The molecule has 2 N–H and O–H groups in total. The molecule has 3 nitrogen and oxygen atoms in total. The van der Waals surface area contributed by atoms with Gasteiger partial charge in [-0.15, -0.1) is 0 Å². The minimum atomic E-state index is 0.196. The molecule has 1 saturated carbocycles. The second-order valence-electron chi connectivity index (χ2n) is 7.41. The average Bonchev–Trinajstić information content (AvgIpc) is 2.63. The first-order chi connectivity index (χ1) is 11.3. The number of hydrogen-bond acceptors (Lipinski definition) is 3. The van der Waals surface area contributed by atoms with Gasteiger partial charge in [-0.05, 0) is 50.4 Å². The normalized spacial score (nSPS) is 22.0. The molecule has 0 radical (unpaired) electrons. The number of piperidine rings is 1. The summed E-state index contributed by atoms with van der Waals surface area (Å²) in [6.07, 6.45) is 10.5. The molecule has 128 valence electrons. The number of nitrogens with two attached hydrogens (primary N) is 1. The minimum Gasteiger partial charge on any atom is -0.496 e. The van der Waals surface area contributed by atoms with Crippen LogP contribution in [0.5, 0.6) is 5.75 Å². The maximum Gasteiger partial charge on any atom is 0.123 e. The van der Waals surface area contributed by atoms with E-state index in [9.17, 15) is 0 Å². The Hall–Kier alpha value is -1.06. The summed E-state index contributed by atoms with van der Waals surface area (Å²) in [4.78, 5) is 2.57. The van der Waals surface area contributed by atoms with Gasteiger partial charge in [0.2, 0.25) is 0 Å². The standard InChI is InChI=1S/C20H32N2O/c1-23-19-9-8-18(20(16-21)10-4-2-5-11-20)14-17(19)15-22-12-6-3-7-13-22/h8-9,14H,2-7,10-13,15-16,21H2,1H3. The SMILES string of the molecule is COc1ccc(C2(CN)CCCCC2)cc1CN1CCCCC1. The third-order valence-electron chi connectivity index (χ3n) is 5.94. The van der Waals surface area contributed by atoms with Crippen LogP contribution in [-0.4, -0.2) is 31.6 Å². The van der Waals surface area contributed by atoms with Gasteiger partial charge in [-0.3, -0.25) is 4.90 Å². The number of hydrogen-bond donors (Lipinski definition) is 1. The number of likely N-dealkylation sites (tertiary alicyclic amines) is 1. The van der Waals surface area contributed by atoms with Crippen molar-refractivity contribution in [1.29, 1.82) is 0 Å². The van der Waals surface area contributed by atoms with E-state index in [0.29, 0.717) is 0 Å². The predicted octanol–water partition coefficient (Wildman–Crippen LogP) is 3.84. The molecule has 3 rings (SSSR count). The van der Waals surface area contributed by atoms with Crippen LogP contribution in [0.1, 0.15) is 62.5 Å². The zero-order chi connectivity index (χ0) is 16.1. The molecule has 0 unspecified atom stereocenters. The lowest BCUT2D eigenvalue weighted by molar-refractivity contribution is 0.217. The lowest BCUT2D eigenvalue weighted by atomic mass is 9.69. The second kappa shape index (κ2) is 7.67. The lowest BCUT2D eigenvalue weighted by Crippen LogP contribution is -2.37. The maximum atomic E-state index is 6.23. The highest BCUT2D eigenvalue weighted by Gasteiger charge is 2.33. The molecule has 1 aliphatic carbocycles. The van der Waals surface area contributed by atoms with Crippen LogP contribution < -0.4 is 10.5 Å². The summed E-state index contributed by atoms with van der Waals surface area (Å²) in [5.74, 6) is 1.03. The molecule has 0 spiro atoms. The molecule has 1 heterocycles. The van der Waals surface area contributed by atoms with Crippen molar-refractivity contribution < 1.29 is 4.74 Å². The van der Waals surface area contributed by atoms with Crippen LogP contribution in [0.3, 0.4) is 0 Å². The smallest absolute Gasteiger partial charge is 0.123 e. The third-order valence-corrected chi connectivity index (χ3v) is 5.94. The molecule has 1 aliphatic heterocycles. The van der Waals surface area contributed by atoms with Crippen molar-refractivity contribution in [2.75, 3.05) is 26.7 Å². The van der Waals surface area contributed by atoms with E-state index < -0.39 is 0 Å². The van der Waals surface area contributed by atoms with E-state index >= 15 is 0 Å². The molecular formula is C20H32N2O. The molecule has 0 atom stereocenters. The Kier molecular flexibility index (Phi) is 5.60. The Bertz CT molecular complexity index is 502. The number of benzene rings is 1. The zero-order valence-electron chi connectivity index (χ0n) is 14.7. The first-order valence-electron chi connectivity index (χ1n) is 9.37. The topological polar surface area (TPSA) is 38.5 Å². The van der Waals surface area contributed by atoms with Crippen LogP contribution in [0.2, 0.25) is 0 Å². The Labute approximate surface area is 141 Å². The molecule has 23 heavy (non-hydrogen) atoms. The monoisotopic (exact) mass is 316 g/mol. The fourth-order valence-corrected chi connectivity index (χ4v) is 4.43. The minimum absolute atomic E-state index is 0.196. The summed E-state index contributed by atoms with van der Waals surface area (Å²) in [6, 6.07) is 6.82. The van der Waals surface area contributed by atoms with Gasteiger partial charge in [0.05, 0.1) is 7.11 Å². The van der Waals surface area contributed by atoms with Gasteiger partial charge in [0, 0.05) is 24.1 Å². The fourth-order valence-electron chi connectivity index (χ4n) is 4.43. The Morgan fingerprint density at radius 3 is 2.39 bits per heavy atom. The summed E-state index contributed by atoms with van der Waals surface area (Å²) in [6.45, 7) is 4.21. The van der Waals surface area contributed by atoms with Gasteiger partial charge in [-0.2, -0.15) is 0 Å². The fraction of sp³-hybridized carbons (Fsp3) is 0.700. The largest absolute Gasteiger partial charge is 0.496 e. The molecule has 2 aliphatic rings. The van der Waals surface area contributed by atoms with E-state index in [1.807, 2.05) is 0 Å². The van der Waals surface area contributed by atoms with Crippen LogP contribution in [0.15, 0.2) is 18.2 Å². The zero-order valence-corrected chi connectivity index (χ0v) is 14.7. The van der Waals surface area contributed by atoms with Crippen LogP contribution in [0, 0.1) is 0 Å². The van der Waals surface area contributed by atoms with Crippen LogP contribution in [0.25, 0.3) is 0 Å². The molecule has 3 heteroatoms. The first kappa shape index (κ1) is 16.8. The van der Waals surface area contributed by atoms with Gasteiger partial charge in [0.15, 0.2) is 0 Å². The Morgan fingerprint density at radius 2 is 1.74 bits per heavy atom. The highest BCUT2D eigenvalue weighted by molar-refractivity contribution is 5.41. The van der Waals surface area contributed by atoms with E-state index in [0.717, 1.165) is 18.8 Å². The van der Waals surface area contributed by atoms with Gasteiger partial charge < -0.3 is 10.5 Å². The number of ether oxygens (including phenoxy) is 1. The van der Waals surface area contributed by atoms with Crippen molar-refractivity contribution in [3.05, 3.63) is 29.3 Å². The number of nitrogens with zero attached hydrogens (tertiary/aromatic N) is 1. The lowest BCUT2D eigenvalue weighted by Gasteiger charge is -2.37. The van der Waals surface area contributed by atoms with Crippen LogP contribution >= 0.6 is 0 Å². The van der Waals surface area contributed by atoms with Crippen molar-refractivity contribution in [3.63, 3.8) is 0 Å². The highest BCUT2D eigenvalue weighted by Crippen LogP contribution is 2.40. The maximum absolute atomic E-state index is 6.23. The van der Waals surface area contributed by atoms with Gasteiger partial charge in [0.25, 0.3) is 0 Å². The van der Waals surface area contributed by atoms with E-state index in [2.05, 4.69) is 23.1 Å². The van der Waals surface area contributed by atoms with E-state index in [1.165, 1.54) is 75.6 Å². The number of rotatable bonds is 5. The van der Waals surface area contributed by atoms with Crippen molar-refractivity contribution in [1.82, 2.24) is 4.90 Å². The molecule has 0 bridgehead atoms. The summed E-state index contributed by atoms with van der Waals surface area (Å²) in [5.41, 5.74) is 9.20. The van der Waals surface area contributed by atoms with Crippen LogP contribution in [0.4, 0.5) is 0 Å². The second-order valence-corrected chi connectivity index (χ2v) is 7.41. The summed E-state index contributed by atoms with van der Waals surface area (Å²) >= 11 is 0. The molecule has 2 fully saturated rings. The van der Waals surface area contributed by atoms with Crippen LogP contribution in [-0.2, 0) is 12.0 Å². The van der Waals surface area contributed by atoms with E-state index in [1.54, 1.807) is 7.11 Å².